The quantitative estimate of drug-likeness (QED) is 0.629. The normalized spacial score (nSPS) is 14.0. The molecule has 0 fully saturated rings. The minimum Gasteiger partial charge on any atom is -0.366 e. The maximum Gasteiger partial charge on any atom is 0.390 e. The summed E-state index contributed by atoms with van der Waals surface area (Å²) in [7, 11) is 0. The van der Waals surface area contributed by atoms with Gasteiger partial charge in [-0.05, 0) is 24.1 Å². The summed E-state index contributed by atoms with van der Waals surface area (Å²) >= 11 is 0. The highest BCUT2D eigenvalue weighted by atomic mass is 19.4. The number of benzene rings is 2. The fourth-order valence-electron chi connectivity index (χ4n) is 3.53. The molecule has 0 unspecified atom stereocenters. The number of fused-ring (bicyclic) bond motifs is 1. The second kappa shape index (κ2) is 7.22. The summed E-state index contributed by atoms with van der Waals surface area (Å²) in [5.41, 5.74) is 4.09. The molecule has 0 aliphatic rings. The van der Waals surface area contributed by atoms with E-state index in [1.807, 2.05) is 0 Å². The molecule has 0 radical (unpaired) electrons. The molecule has 2 N–H and O–H groups in total. The third kappa shape index (κ3) is 4.13. The molecule has 146 valence electrons. The fraction of sp³-hybridized carbons (Fsp3) is 0.238. The maximum atomic E-state index is 14.3. The van der Waals surface area contributed by atoms with Crippen molar-refractivity contribution in [3.05, 3.63) is 77.2 Å². The first-order chi connectivity index (χ1) is 13.1. The van der Waals surface area contributed by atoms with Crippen LogP contribution in [0.15, 0.2) is 54.6 Å². The molecule has 0 bridgehead atoms. The Bertz CT molecular complexity index is 1020. The smallest absolute Gasteiger partial charge is 0.366 e. The van der Waals surface area contributed by atoms with Crippen molar-refractivity contribution >= 4 is 16.8 Å². The van der Waals surface area contributed by atoms with Crippen LogP contribution in [-0.2, 0) is 11.8 Å². The van der Waals surface area contributed by atoms with E-state index in [0.717, 1.165) is 0 Å². The van der Waals surface area contributed by atoms with Crippen LogP contribution in [0.25, 0.3) is 10.9 Å². The minimum atomic E-state index is -4.52. The molecule has 3 rings (SSSR count). The van der Waals surface area contributed by atoms with Crippen molar-refractivity contribution in [1.82, 2.24) is 4.98 Å². The lowest BCUT2D eigenvalue weighted by Crippen LogP contribution is -2.35. The van der Waals surface area contributed by atoms with Crippen molar-refractivity contribution in [3.8, 4) is 0 Å². The van der Waals surface area contributed by atoms with Crippen LogP contribution in [0.5, 0.6) is 0 Å². The van der Waals surface area contributed by atoms with E-state index in [0.29, 0.717) is 10.9 Å². The molecular weight excluding hydrogens is 372 g/mol. The van der Waals surface area contributed by atoms with Crippen LogP contribution < -0.4 is 5.73 Å². The highest BCUT2D eigenvalue weighted by Crippen LogP contribution is 2.40. The van der Waals surface area contributed by atoms with Crippen molar-refractivity contribution < 1.29 is 22.4 Å². The number of hydrogen-bond acceptors (Lipinski definition) is 2. The molecule has 3 nitrogen and oxygen atoms in total. The van der Waals surface area contributed by atoms with E-state index in [9.17, 15) is 22.4 Å². The first-order valence-electron chi connectivity index (χ1n) is 8.59. The molecule has 3 aromatic rings. The molecule has 0 saturated carbocycles. The van der Waals surface area contributed by atoms with Crippen LogP contribution in [0.4, 0.5) is 17.6 Å². The number of nitrogens with two attached hydrogens (primary N) is 1. The predicted octanol–water partition coefficient (Wildman–Crippen LogP) is 4.93. The van der Waals surface area contributed by atoms with Gasteiger partial charge in [0.05, 0.1) is 17.7 Å². The van der Waals surface area contributed by atoms with Gasteiger partial charge in [-0.1, -0.05) is 49.4 Å². The van der Waals surface area contributed by atoms with Crippen LogP contribution in [0, 0.1) is 5.82 Å². The summed E-state index contributed by atoms with van der Waals surface area (Å²) in [5.74, 6) is -1.58. The average Bonchev–Trinajstić information content (AvgIpc) is 2.60. The second-order valence-corrected chi connectivity index (χ2v) is 7.08. The molecule has 1 amide bonds. The highest BCUT2D eigenvalue weighted by molar-refractivity contribution is 5.98. The lowest BCUT2D eigenvalue weighted by Gasteiger charge is -2.32. The molecule has 1 aromatic heterocycles. The number of halogens is 4. The van der Waals surface area contributed by atoms with Crippen molar-refractivity contribution in [3.63, 3.8) is 0 Å². The van der Waals surface area contributed by atoms with Crippen LogP contribution in [0.2, 0.25) is 0 Å². The van der Waals surface area contributed by atoms with Crippen molar-refractivity contribution in [2.24, 2.45) is 5.73 Å². The van der Waals surface area contributed by atoms with Gasteiger partial charge < -0.3 is 5.73 Å². The van der Waals surface area contributed by atoms with Gasteiger partial charge >= 0.3 is 6.18 Å². The summed E-state index contributed by atoms with van der Waals surface area (Å²) < 4.78 is 54.6. The third-order valence-electron chi connectivity index (χ3n) is 4.66. The Morgan fingerprint density at radius 3 is 2.36 bits per heavy atom. The highest BCUT2D eigenvalue weighted by Gasteiger charge is 2.43. The summed E-state index contributed by atoms with van der Waals surface area (Å²) in [6.45, 7) is 1.37. The maximum absolute atomic E-state index is 14.3. The Hall–Kier alpha value is -2.96. The number of carbonyl (C=O) groups is 1. The van der Waals surface area contributed by atoms with Crippen LogP contribution in [0.1, 0.15) is 35.0 Å². The van der Waals surface area contributed by atoms with Crippen molar-refractivity contribution in [2.75, 3.05) is 0 Å². The summed E-state index contributed by atoms with van der Waals surface area (Å²) in [6.07, 6.45) is -5.80. The van der Waals surface area contributed by atoms with E-state index in [1.54, 1.807) is 30.3 Å². The minimum absolute atomic E-state index is 0.0411. The van der Waals surface area contributed by atoms with Crippen molar-refractivity contribution in [2.45, 2.75) is 31.4 Å². The van der Waals surface area contributed by atoms with Gasteiger partial charge in [0, 0.05) is 10.8 Å². The Morgan fingerprint density at radius 1 is 1.07 bits per heavy atom. The predicted molar refractivity (Wildman–Crippen MR) is 98.4 cm³/mol. The zero-order valence-corrected chi connectivity index (χ0v) is 15.1. The summed E-state index contributed by atoms with van der Waals surface area (Å²) in [4.78, 5) is 16.2. The van der Waals surface area contributed by atoms with E-state index in [2.05, 4.69) is 4.98 Å². The van der Waals surface area contributed by atoms with E-state index in [4.69, 9.17) is 5.73 Å². The first-order valence-corrected chi connectivity index (χ1v) is 8.59. The van der Waals surface area contributed by atoms with Gasteiger partial charge in [-0.25, -0.2) is 9.37 Å². The zero-order valence-electron chi connectivity index (χ0n) is 15.1. The molecule has 1 heterocycles. The van der Waals surface area contributed by atoms with Crippen LogP contribution in [-0.4, -0.2) is 17.1 Å². The molecule has 0 spiro atoms. The average molecular weight is 390 g/mol. The molecule has 0 aliphatic heterocycles. The number of alkyl halides is 3. The molecule has 0 aliphatic carbocycles. The first kappa shape index (κ1) is 19.8. The molecule has 2 aromatic carbocycles. The topological polar surface area (TPSA) is 56.0 Å². The lowest BCUT2D eigenvalue weighted by atomic mass is 9.75. The van der Waals surface area contributed by atoms with Gasteiger partial charge in [0.1, 0.15) is 11.3 Å². The monoisotopic (exact) mass is 390 g/mol. The number of hydrogen-bond donors (Lipinski definition) is 1. The number of aromatic nitrogens is 1. The molecule has 7 heteroatoms. The van der Waals surface area contributed by atoms with Gasteiger partial charge in [0.15, 0.2) is 0 Å². The lowest BCUT2D eigenvalue weighted by molar-refractivity contribution is -0.147. The number of carbonyl (C=O) groups excluding carboxylic acids is 1. The SMILES string of the molecule is C[C@@](Cc1ccccc1)(CC(F)(F)F)c1nc2c(F)cccc2cc1C(N)=O. The number of primary amides is 1. The number of amides is 1. The van der Waals surface area contributed by atoms with Gasteiger partial charge in [-0.15, -0.1) is 0 Å². The molecule has 1 atom stereocenters. The van der Waals surface area contributed by atoms with Gasteiger partial charge in [-0.2, -0.15) is 13.2 Å². The number of pyridine rings is 1. The standard InChI is InChI=1S/C21H18F4N2O/c1-20(12-21(23,24)25,11-13-6-3-2-4-7-13)18-15(19(26)28)10-14-8-5-9-16(22)17(14)27-18/h2-10H,11-12H2,1H3,(H2,26,28)/t20-/m1/s1. The van der Waals surface area contributed by atoms with Gasteiger partial charge in [-0.3, -0.25) is 4.79 Å². The van der Waals surface area contributed by atoms with E-state index in [-0.39, 0.29) is 23.2 Å². The fourth-order valence-corrected chi connectivity index (χ4v) is 3.53. The molecule has 28 heavy (non-hydrogen) atoms. The van der Waals surface area contributed by atoms with E-state index < -0.39 is 29.7 Å². The van der Waals surface area contributed by atoms with Gasteiger partial charge in [0.2, 0.25) is 0 Å². The van der Waals surface area contributed by atoms with Gasteiger partial charge in [0.25, 0.3) is 5.91 Å². The summed E-state index contributed by atoms with van der Waals surface area (Å²) in [6, 6.07) is 14.0. The van der Waals surface area contributed by atoms with Crippen molar-refractivity contribution in [1.29, 1.82) is 0 Å². The van der Waals surface area contributed by atoms with E-state index >= 15 is 0 Å². The molecular formula is C21H18F4N2O. The number of para-hydroxylation sites is 1. The van der Waals surface area contributed by atoms with E-state index in [1.165, 1.54) is 31.2 Å². The second-order valence-electron chi connectivity index (χ2n) is 7.08. The molecule has 0 saturated heterocycles. The van der Waals surface area contributed by atoms with Crippen LogP contribution in [0.3, 0.4) is 0 Å². The Labute approximate surface area is 159 Å². The zero-order chi connectivity index (χ0) is 20.5. The Kier molecular flexibility index (Phi) is 5.10. The third-order valence-corrected chi connectivity index (χ3v) is 4.66. The van der Waals surface area contributed by atoms with Crippen LogP contribution >= 0.6 is 0 Å². The largest absolute Gasteiger partial charge is 0.390 e. The Balaban J connectivity index is 2.26. The summed E-state index contributed by atoms with van der Waals surface area (Å²) in [5, 5.41) is 0.298. The number of rotatable bonds is 5. The Morgan fingerprint density at radius 2 is 1.75 bits per heavy atom. The number of nitrogens with zero attached hydrogens (tertiary/aromatic N) is 1.